The summed E-state index contributed by atoms with van der Waals surface area (Å²) in [5.41, 5.74) is 2.30. The minimum absolute atomic E-state index is 0.0715. The first kappa shape index (κ1) is 14.7. The third kappa shape index (κ3) is 4.41. The van der Waals surface area contributed by atoms with Crippen LogP contribution in [-0.4, -0.2) is 27.5 Å². The van der Waals surface area contributed by atoms with Gasteiger partial charge in [-0.05, 0) is 37.6 Å². The van der Waals surface area contributed by atoms with Crippen LogP contribution < -0.4 is 5.32 Å². The number of rotatable bonds is 5. The van der Waals surface area contributed by atoms with Crippen LogP contribution in [0.3, 0.4) is 0 Å². The predicted octanol–water partition coefficient (Wildman–Crippen LogP) is 2.45. The highest BCUT2D eigenvalue weighted by Crippen LogP contribution is 2.26. The van der Waals surface area contributed by atoms with Gasteiger partial charge in [0.05, 0.1) is 5.75 Å². The summed E-state index contributed by atoms with van der Waals surface area (Å²) in [6.45, 7) is 2.03. The van der Waals surface area contributed by atoms with Crippen molar-refractivity contribution in [3.05, 3.63) is 33.8 Å². The smallest absolute Gasteiger partial charge is 0.147 e. The van der Waals surface area contributed by atoms with Crippen molar-refractivity contribution >= 4 is 25.8 Å². The predicted molar refractivity (Wildman–Crippen MR) is 75.0 cm³/mol. The third-order valence-electron chi connectivity index (χ3n) is 2.81. The molecule has 0 aromatic heterocycles. The van der Waals surface area contributed by atoms with Crippen LogP contribution in [0.25, 0.3) is 0 Å². The standard InChI is InChI=1S/C12H18BrNO2S/c1-9-10(5-4-6-11(9)13)12(14-2)7-8-17(3,15)16/h4-6,12,14H,7-8H2,1-3H3. The lowest BCUT2D eigenvalue weighted by Crippen LogP contribution is -2.20. The maximum absolute atomic E-state index is 11.2. The number of hydrogen-bond acceptors (Lipinski definition) is 3. The zero-order chi connectivity index (χ0) is 13.1. The molecule has 1 rings (SSSR count). The van der Waals surface area contributed by atoms with E-state index in [0.29, 0.717) is 6.42 Å². The SMILES string of the molecule is CNC(CCS(C)(=O)=O)c1cccc(Br)c1C. The zero-order valence-corrected chi connectivity index (χ0v) is 12.7. The van der Waals surface area contributed by atoms with Gasteiger partial charge in [-0.15, -0.1) is 0 Å². The van der Waals surface area contributed by atoms with E-state index >= 15 is 0 Å². The Bertz CT molecular complexity index is 485. The van der Waals surface area contributed by atoms with E-state index in [1.54, 1.807) is 0 Å². The van der Waals surface area contributed by atoms with Gasteiger partial charge in [0.25, 0.3) is 0 Å². The molecule has 1 aromatic rings. The van der Waals surface area contributed by atoms with E-state index in [1.165, 1.54) is 6.26 Å². The second-order valence-electron chi connectivity index (χ2n) is 4.21. The number of sulfone groups is 1. The van der Waals surface area contributed by atoms with E-state index < -0.39 is 9.84 Å². The van der Waals surface area contributed by atoms with E-state index in [-0.39, 0.29) is 11.8 Å². The molecule has 0 radical (unpaired) electrons. The lowest BCUT2D eigenvalue weighted by molar-refractivity contribution is 0.557. The van der Waals surface area contributed by atoms with Crippen LogP contribution in [-0.2, 0) is 9.84 Å². The Morgan fingerprint density at radius 3 is 2.59 bits per heavy atom. The highest BCUT2D eigenvalue weighted by Gasteiger charge is 2.15. The van der Waals surface area contributed by atoms with E-state index in [9.17, 15) is 8.42 Å². The average Bonchev–Trinajstić information content (AvgIpc) is 2.23. The van der Waals surface area contributed by atoms with Gasteiger partial charge in [-0.3, -0.25) is 0 Å². The van der Waals surface area contributed by atoms with Crippen molar-refractivity contribution < 1.29 is 8.42 Å². The van der Waals surface area contributed by atoms with Crippen LogP contribution >= 0.6 is 15.9 Å². The van der Waals surface area contributed by atoms with Crippen LogP contribution in [0, 0.1) is 6.92 Å². The number of halogens is 1. The molecule has 96 valence electrons. The van der Waals surface area contributed by atoms with Gasteiger partial charge in [0.15, 0.2) is 0 Å². The molecule has 5 heteroatoms. The summed E-state index contributed by atoms with van der Waals surface area (Å²) < 4.78 is 23.4. The first-order valence-electron chi connectivity index (χ1n) is 5.45. The molecular formula is C12H18BrNO2S. The van der Waals surface area contributed by atoms with Crippen molar-refractivity contribution in [2.75, 3.05) is 19.1 Å². The zero-order valence-electron chi connectivity index (χ0n) is 10.3. The molecule has 0 aliphatic heterocycles. The Morgan fingerprint density at radius 1 is 1.41 bits per heavy atom. The first-order valence-corrected chi connectivity index (χ1v) is 8.30. The lowest BCUT2D eigenvalue weighted by Gasteiger charge is -2.19. The molecule has 0 aliphatic carbocycles. The Labute approximate surface area is 112 Å². The maximum atomic E-state index is 11.2. The van der Waals surface area contributed by atoms with Crippen molar-refractivity contribution in [1.29, 1.82) is 0 Å². The molecule has 0 bridgehead atoms. The van der Waals surface area contributed by atoms with Gasteiger partial charge in [-0.25, -0.2) is 8.42 Å². The molecular weight excluding hydrogens is 302 g/mol. The van der Waals surface area contributed by atoms with Gasteiger partial charge in [0, 0.05) is 16.8 Å². The number of benzene rings is 1. The summed E-state index contributed by atoms with van der Waals surface area (Å²) in [5.74, 6) is 0.199. The third-order valence-corrected chi connectivity index (χ3v) is 4.65. The molecule has 0 heterocycles. The highest BCUT2D eigenvalue weighted by atomic mass is 79.9. The largest absolute Gasteiger partial charge is 0.313 e. The van der Waals surface area contributed by atoms with Crippen LogP contribution in [0.1, 0.15) is 23.6 Å². The van der Waals surface area contributed by atoms with Crippen molar-refractivity contribution in [3.63, 3.8) is 0 Å². The summed E-state index contributed by atoms with van der Waals surface area (Å²) in [7, 11) is -1.06. The topological polar surface area (TPSA) is 46.2 Å². The molecule has 1 atom stereocenters. The Balaban J connectivity index is 2.90. The van der Waals surface area contributed by atoms with Gasteiger partial charge in [-0.1, -0.05) is 28.1 Å². The molecule has 1 unspecified atom stereocenters. The molecule has 0 fully saturated rings. The molecule has 0 saturated carbocycles. The van der Waals surface area contributed by atoms with Crippen molar-refractivity contribution in [3.8, 4) is 0 Å². The highest BCUT2D eigenvalue weighted by molar-refractivity contribution is 9.10. The van der Waals surface area contributed by atoms with Gasteiger partial charge in [0.1, 0.15) is 9.84 Å². The van der Waals surface area contributed by atoms with Crippen LogP contribution in [0.4, 0.5) is 0 Å². The summed E-state index contributed by atoms with van der Waals surface area (Å²) in [4.78, 5) is 0. The van der Waals surface area contributed by atoms with E-state index in [2.05, 4.69) is 21.2 Å². The number of hydrogen-bond donors (Lipinski definition) is 1. The quantitative estimate of drug-likeness (QED) is 0.906. The second kappa shape index (κ2) is 5.98. The fourth-order valence-electron chi connectivity index (χ4n) is 1.79. The lowest BCUT2D eigenvalue weighted by atomic mass is 10.00. The summed E-state index contributed by atoms with van der Waals surface area (Å²) >= 11 is 3.49. The van der Waals surface area contributed by atoms with Gasteiger partial charge in [-0.2, -0.15) is 0 Å². The van der Waals surface area contributed by atoms with E-state index in [0.717, 1.165) is 15.6 Å². The monoisotopic (exact) mass is 319 g/mol. The summed E-state index contributed by atoms with van der Waals surface area (Å²) in [6, 6.07) is 6.06. The van der Waals surface area contributed by atoms with Crippen molar-refractivity contribution in [2.24, 2.45) is 0 Å². The van der Waals surface area contributed by atoms with Crippen molar-refractivity contribution in [2.45, 2.75) is 19.4 Å². The Kier molecular flexibility index (Phi) is 5.16. The minimum Gasteiger partial charge on any atom is -0.313 e. The van der Waals surface area contributed by atoms with Crippen LogP contribution in [0.5, 0.6) is 0 Å². The maximum Gasteiger partial charge on any atom is 0.147 e. The average molecular weight is 320 g/mol. The normalized spacial score (nSPS) is 13.6. The minimum atomic E-state index is -2.91. The molecule has 0 aliphatic rings. The molecule has 17 heavy (non-hydrogen) atoms. The van der Waals surface area contributed by atoms with Gasteiger partial charge in [0.2, 0.25) is 0 Å². The Morgan fingerprint density at radius 2 is 2.06 bits per heavy atom. The van der Waals surface area contributed by atoms with Gasteiger partial charge >= 0.3 is 0 Å². The second-order valence-corrected chi connectivity index (χ2v) is 7.33. The fraction of sp³-hybridized carbons (Fsp3) is 0.500. The molecule has 0 spiro atoms. The first-order chi connectivity index (χ1) is 7.85. The molecule has 3 nitrogen and oxygen atoms in total. The van der Waals surface area contributed by atoms with Crippen LogP contribution in [0.15, 0.2) is 22.7 Å². The van der Waals surface area contributed by atoms with E-state index in [1.807, 2.05) is 32.2 Å². The number of nitrogens with one attached hydrogen (secondary N) is 1. The summed E-state index contributed by atoms with van der Waals surface area (Å²) in [6.07, 6.45) is 1.86. The molecule has 0 amide bonds. The van der Waals surface area contributed by atoms with Crippen molar-refractivity contribution in [1.82, 2.24) is 5.32 Å². The summed E-state index contributed by atoms with van der Waals surface area (Å²) in [5, 5.41) is 3.17. The molecule has 1 N–H and O–H groups in total. The molecule has 1 aromatic carbocycles. The fourth-order valence-corrected chi connectivity index (χ4v) is 2.83. The Hall–Kier alpha value is -0.390. The molecule has 0 saturated heterocycles. The van der Waals surface area contributed by atoms with E-state index in [4.69, 9.17) is 0 Å². The van der Waals surface area contributed by atoms with Crippen LogP contribution in [0.2, 0.25) is 0 Å². The van der Waals surface area contributed by atoms with Gasteiger partial charge < -0.3 is 5.32 Å².